The third-order valence-electron chi connectivity index (χ3n) is 1.57. The summed E-state index contributed by atoms with van der Waals surface area (Å²) in [6, 6.07) is 0. The van der Waals surface area contributed by atoms with Gasteiger partial charge in [0.15, 0.2) is 0 Å². The minimum Gasteiger partial charge on any atom is -0.478 e. The van der Waals surface area contributed by atoms with Crippen molar-refractivity contribution >= 4 is 10.1 Å². The molecule has 15 heavy (non-hydrogen) atoms. The summed E-state index contributed by atoms with van der Waals surface area (Å²) >= 11 is 0. The second kappa shape index (κ2) is 5.72. The third kappa shape index (κ3) is 6.08. The molecule has 0 saturated heterocycles. The number of H-pyrrole nitrogens is 1. The zero-order valence-corrected chi connectivity index (χ0v) is 9.29. The molecule has 0 amide bonds. The van der Waals surface area contributed by atoms with Crippen molar-refractivity contribution in [3.8, 4) is 5.88 Å². The predicted octanol–water partition coefficient (Wildman–Crippen LogP) is 0.545. The van der Waals surface area contributed by atoms with Gasteiger partial charge in [0.2, 0.25) is 5.88 Å². The summed E-state index contributed by atoms with van der Waals surface area (Å²) in [5.74, 6) is 0.610. The van der Waals surface area contributed by atoms with E-state index in [4.69, 9.17) is 4.74 Å². The van der Waals surface area contributed by atoms with Crippen molar-refractivity contribution in [1.29, 1.82) is 0 Å². The number of hydrogen-bond acceptors (Lipinski definition) is 5. The van der Waals surface area contributed by atoms with Crippen LogP contribution in [0.2, 0.25) is 0 Å². The second-order valence-electron chi connectivity index (χ2n) is 3.00. The lowest BCUT2D eigenvalue weighted by Crippen LogP contribution is -2.06. The molecule has 1 aromatic heterocycles. The van der Waals surface area contributed by atoms with E-state index in [1.54, 1.807) is 6.20 Å². The predicted molar refractivity (Wildman–Crippen MR) is 54.1 cm³/mol. The molecule has 1 heterocycles. The Morgan fingerprint density at radius 3 is 2.73 bits per heavy atom. The van der Waals surface area contributed by atoms with E-state index < -0.39 is 10.1 Å². The number of aromatic nitrogens is 2. The van der Waals surface area contributed by atoms with Crippen molar-refractivity contribution in [2.75, 3.05) is 19.5 Å². The number of nitrogens with zero attached hydrogens (tertiary/aromatic N) is 1. The van der Waals surface area contributed by atoms with E-state index in [2.05, 4.69) is 14.2 Å². The molecule has 6 nitrogen and oxygen atoms in total. The first-order valence-electron chi connectivity index (χ1n) is 4.53. The van der Waals surface area contributed by atoms with Crippen LogP contribution in [-0.2, 0) is 14.3 Å². The summed E-state index contributed by atoms with van der Waals surface area (Å²) in [5.41, 5.74) is 0. The van der Waals surface area contributed by atoms with Crippen molar-refractivity contribution < 1.29 is 17.3 Å². The third-order valence-corrected chi connectivity index (χ3v) is 2.16. The summed E-state index contributed by atoms with van der Waals surface area (Å²) in [6.45, 7) is 0.709. The number of aromatic amines is 1. The topological polar surface area (TPSA) is 81.3 Å². The molecule has 0 aromatic carbocycles. The van der Waals surface area contributed by atoms with E-state index in [-0.39, 0.29) is 6.61 Å². The standard InChI is InChI=1S/C8H14N2O4S/c1-15(11,12)14-5-3-2-4-13-8-6-9-7-10-8/h6-7H,2-5H2,1H3,(H,9,10). The van der Waals surface area contributed by atoms with Crippen molar-refractivity contribution in [3.63, 3.8) is 0 Å². The number of unbranched alkanes of at least 4 members (excludes halogenated alkanes) is 1. The Morgan fingerprint density at radius 2 is 2.13 bits per heavy atom. The Kier molecular flexibility index (Phi) is 4.57. The molecular weight excluding hydrogens is 220 g/mol. The maximum Gasteiger partial charge on any atom is 0.264 e. The molecule has 0 radical (unpaired) electrons. The van der Waals surface area contributed by atoms with Crippen LogP contribution >= 0.6 is 0 Å². The van der Waals surface area contributed by atoms with Crippen LogP contribution in [0, 0.1) is 0 Å². The SMILES string of the molecule is CS(=O)(=O)OCCCCOc1cnc[nH]1. The van der Waals surface area contributed by atoms with Crippen LogP contribution in [0.4, 0.5) is 0 Å². The first-order valence-corrected chi connectivity index (χ1v) is 6.35. The van der Waals surface area contributed by atoms with Crippen molar-refractivity contribution in [2.45, 2.75) is 12.8 Å². The van der Waals surface area contributed by atoms with E-state index in [1.165, 1.54) is 6.33 Å². The average molecular weight is 234 g/mol. The van der Waals surface area contributed by atoms with E-state index in [0.29, 0.717) is 18.9 Å². The highest BCUT2D eigenvalue weighted by Gasteiger charge is 2.00. The van der Waals surface area contributed by atoms with Gasteiger partial charge in [-0.1, -0.05) is 0 Å². The van der Waals surface area contributed by atoms with Gasteiger partial charge in [0.25, 0.3) is 10.1 Å². The largest absolute Gasteiger partial charge is 0.478 e. The van der Waals surface area contributed by atoms with Crippen LogP contribution in [0.15, 0.2) is 12.5 Å². The minimum atomic E-state index is -3.31. The molecule has 0 spiro atoms. The molecule has 0 aliphatic heterocycles. The monoisotopic (exact) mass is 234 g/mol. The molecule has 86 valence electrons. The lowest BCUT2D eigenvalue weighted by molar-refractivity contribution is 0.265. The first-order chi connectivity index (χ1) is 7.08. The Hall–Kier alpha value is -1.08. The van der Waals surface area contributed by atoms with E-state index >= 15 is 0 Å². The Morgan fingerprint density at radius 1 is 1.40 bits per heavy atom. The minimum absolute atomic E-state index is 0.200. The fraction of sp³-hybridized carbons (Fsp3) is 0.625. The van der Waals surface area contributed by atoms with Crippen LogP contribution < -0.4 is 4.74 Å². The lowest BCUT2D eigenvalue weighted by atomic mass is 10.3. The van der Waals surface area contributed by atoms with Gasteiger partial charge in [-0.3, -0.25) is 4.18 Å². The molecule has 7 heteroatoms. The number of rotatable bonds is 7. The molecule has 0 aliphatic rings. The quantitative estimate of drug-likeness (QED) is 0.550. The first kappa shape index (κ1) is 12.0. The summed E-state index contributed by atoms with van der Waals surface area (Å²) in [4.78, 5) is 6.58. The number of ether oxygens (including phenoxy) is 1. The number of nitrogens with one attached hydrogen (secondary N) is 1. The Bertz CT molecular complexity index is 360. The number of hydrogen-bond donors (Lipinski definition) is 1. The highest BCUT2D eigenvalue weighted by atomic mass is 32.2. The fourth-order valence-corrected chi connectivity index (χ4v) is 1.34. The van der Waals surface area contributed by atoms with Gasteiger partial charge in [0, 0.05) is 0 Å². The van der Waals surface area contributed by atoms with Crippen LogP contribution in [0.25, 0.3) is 0 Å². The van der Waals surface area contributed by atoms with Crippen LogP contribution in [0.1, 0.15) is 12.8 Å². The van der Waals surface area contributed by atoms with Gasteiger partial charge in [-0.05, 0) is 12.8 Å². The average Bonchev–Trinajstić information content (AvgIpc) is 2.61. The molecule has 0 aliphatic carbocycles. The fourth-order valence-electron chi connectivity index (χ4n) is 0.919. The van der Waals surface area contributed by atoms with Crippen LogP contribution in [-0.4, -0.2) is 37.9 Å². The van der Waals surface area contributed by atoms with Gasteiger partial charge in [0.05, 0.1) is 32.0 Å². The van der Waals surface area contributed by atoms with E-state index in [1.807, 2.05) is 0 Å². The van der Waals surface area contributed by atoms with Gasteiger partial charge in [-0.25, -0.2) is 4.98 Å². The van der Waals surface area contributed by atoms with Gasteiger partial charge < -0.3 is 9.72 Å². The maximum absolute atomic E-state index is 10.6. The summed E-state index contributed by atoms with van der Waals surface area (Å²) in [5, 5.41) is 0. The van der Waals surface area contributed by atoms with E-state index in [9.17, 15) is 8.42 Å². The summed E-state index contributed by atoms with van der Waals surface area (Å²) in [7, 11) is -3.31. The van der Waals surface area contributed by atoms with Crippen LogP contribution in [0.3, 0.4) is 0 Å². The van der Waals surface area contributed by atoms with Gasteiger partial charge in [-0.15, -0.1) is 0 Å². The molecule has 0 fully saturated rings. The van der Waals surface area contributed by atoms with Crippen molar-refractivity contribution in [3.05, 3.63) is 12.5 Å². The van der Waals surface area contributed by atoms with Crippen molar-refractivity contribution in [1.82, 2.24) is 9.97 Å². The summed E-state index contributed by atoms with van der Waals surface area (Å²) < 4.78 is 31.0. The Balaban J connectivity index is 1.99. The van der Waals surface area contributed by atoms with Gasteiger partial charge in [0.1, 0.15) is 0 Å². The van der Waals surface area contributed by atoms with E-state index in [0.717, 1.165) is 12.7 Å². The van der Waals surface area contributed by atoms with Crippen LogP contribution in [0.5, 0.6) is 5.88 Å². The normalized spacial score (nSPS) is 11.5. The number of imidazole rings is 1. The highest BCUT2D eigenvalue weighted by molar-refractivity contribution is 7.85. The molecule has 1 rings (SSSR count). The maximum atomic E-state index is 10.6. The lowest BCUT2D eigenvalue weighted by Gasteiger charge is -2.03. The van der Waals surface area contributed by atoms with Gasteiger partial charge >= 0.3 is 0 Å². The highest BCUT2D eigenvalue weighted by Crippen LogP contribution is 2.03. The molecule has 0 bridgehead atoms. The Labute approximate surface area is 88.7 Å². The van der Waals surface area contributed by atoms with Gasteiger partial charge in [-0.2, -0.15) is 8.42 Å². The molecule has 0 unspecified atom stereocenters. The summed E-state index contributed by atoms with van der Waals surface area (Å²) in [6.07, 6.45) is 5.51. The smallest absolute Gasteiger partial charge is 0.264 e. The zero-order chi connectivity index (χ0) is 11.1. The molecule has 0 atom stereocenters. The molecule has 1 N–H and O–H groups in total. The molecular formula is C8H14N2O4S. The molecule has 0 saturated carbocycles. The van der Waals surface area contributed by atoms with Crippen molar-refractivity contribution in [2.24, 2.45) is 0 Å². The molecule has 1 aromatic rings. The zero-order valence-electron chi connectivity index (χ0n) is 8.47. The second-order valence-corrected chi connectivity index (χ2v) is 4.64.